The van der Waals surface area contributed by atoms with Gasteiger partial charge < -0.3 is 15.2 Å². The van der Waals surface area contributed by atoms with Crippen molar-refractivity contribution >= 4 is 17.6 Å². The van der Waals surface area contributed by atoms with Gasteiger partial charge in [0.25, 0.3) is 0 Å². The number of carbonyl (C=O) groups is 1. The van der Waals surface area contributed by atoms with E-state index in [4.69, 9.17) is 21.4 Å². The zero-order valence-electron chi connectivity index (χ0n) is 22.2. The highest BCUT2D eigenvalue weighted by Crippen LogP contribution is 2.36. The van der Waals surface area contributed by atoms with Crippen molar-refractivity contribution in [1.82, 2.24) is 15.1 Å². The van der Waals surface area contributed by atoms with Crippen LogP contribution in [0.5, 0.6) is 5.75 Å². The Hall–Kier alpha value is -3.82. The number of alkyl halides is 3. The van der Waals surface area contributed by atoms with Crippen LogP contribution in [0, 0.1) is 6.92 Å². The molecule has 0 spiro atoms. The summed E-state index contributed by atoms with van der Waals surface area (Å²) in [5.41, 5.74) is 3.61. The highest BCUT2D eigenvalue weighted by molar-refractivity contribution is 6.32. The molecule has 0 aliphatic carbocycles. The fourth-order valence-electron chi connectivity index (χ4n) is 4.59. The number of carboxylic acid groups (broad SMARTS) is 1. The quantitative estimate of drug-likeness (QED) is 0.219. The molecular formula is C30H29ClF3N3O3. The lowest BCUT2D eigenvalue weighted by atomic mass is 9.96. The predicted octanol–water partition coefficient (Wildman–Crippen LogP) is 6.80. The Kier molecular flexibility index (Phi) is 8.85. The Balaban J connectivity index is 1.68. The first-order valence-electron chi connectivity index (χ1n) is 12.6. The number of aliphatic carboxylic acids is 1. The molecule has 10 heteroatoms. The van der Waals surface area contributed by atoms with Crippen molar-refractivity contribution in [2.75, 3.05) is 7.05 Å². The monoisotopic (exact) mass is 571 g/mol. The number of nitrogens with zero attached hydrogens (tertiary/aromatic N) is 2. The third-order valence-electron chi connectivity index (χ3n) is 6.78. The fourth-order valence-corrected chi connectivity index (χ4v) is 4.81. The van der Waals surface area contributed by atoms with Gasteiger partial charge in [-0.1, -0.05) is 48.0 Å². The molecule has 0 amide bonds. The van der Waals surface area contributed by atoms with Crippen LogP contribution in [0.2, 0.25) is 5.02 Å². The van der Waals surface area contributed by atoms with E-state index in [0.717, 1.165) is 28.5 Å². The van der Waals surface area contributed by atoms with E-state index in [0.29, 0.717) is 29.1 Å². The topological polar surface area (TPSA) is 76.4 Å². The molecule has 40 heavy (non-hydrogen) atoms. The Morgan fingerprint density at radius 3 is 2.50 bits per heavy atom. The first-order chi connectivity index (χ1) is 19.0. The van der Waals surface area contributed by atoms with Gasteiger partial charge in [0.2, 0.25) is 0 Å². The zero-order valence-corrected chi connectivity index (χ0v) is 22.9. The molecule has 4 aromatic rings. The maximum atomic E-state index is 13.6. The first-order valence-corrected chi connectivity index (χ1v) is 13.0. The van der Waals surface area contributed by atoms with Gasteiger partial charge in [0.15, 0.2) is 6.10 Å². The summed E-state index contributed by atoms with van der Waals surface area (Å²) in [7, 11) is 1.80. The molecule has 210 valence electrons. The molecule has 0 saturated carbocycles. The molecule has 0 fully saturated rings. The molecule has 2 N–H and O–H groups in total. The first kappa shape index (κ1) is 29.2. The lowest BCUT2D eigenvalue weighted by Crippen LogP contribution is -2.24. The second-order valence-electron chi connectivity index (χ2n) is 9.47. The molecule has 0 bridgehead atoms. The summed E-state index contributed by atoms with van der Waals surface area (Å²) in [6.45, 7) is 3.25. The van der Waals surface area contributed by atoms with Gasteiger partial charge >= 0.3 is 12.1 Å². The number of hydrogen-bond acceptors (Lipinski definition) is 4. The smallest absolute Gasteiger partial charge is 0.416 e. The number of hydrogen-bond donors (Lipinski definition) is 2. The summed E-state index contributed by atoms with van der Waals surface area (Å²) in [4.78, 5) is 11.2. The summed E-state index contributed by atoms with van der Waals surface area (Å²) in [5, 5.41) is 17.2. The normalized spacial score (nSPS) is 13.2. The molecule has 0 aliphatic rings. The van der Waals surface area contributed by atoms with Crippen LogP contribution in [-0.2, 0) is 23.8 Å². The SMILES string of the molecule is CNC(Cc1ccnn1-c1ccc(C(F)(F)F)cc1Cc1ccccc1)c1ccc(OC(C)C(=O)O)c(Cl)c1C. The second-order valence-corrected chi connectivity index (χ2v) is 9.85. The molecule has 2 unspecified atom stereocenters. The van der Waals surface area contributed by atoms with Gasteiger partial charge in [-0.05, 0) is 79.9 Å². The second kappa shape index (κ2) is 12.1. The van der Waals surface area contributed by atoms with Gasteiger partial charge in [0.1, 0.15) is 5.75 Å². The molecule has 0 saturated heterocycles. The lowest BCUT2D eigenvalue weighted by Gasteiger charge is -2.22. The van der Waals surface area contributed by atoms with Crippen LogP contribution in [0.1, 0.15) is 46.5 Å². The molecule has 6 nitrogen and oxygen atoms in total. The number of ether oxygens (including phenoxy) is 1. The van der Waals surface area contributed by atoms with Crippen molar-refractivity contribution in [3.05, 3.63) is 111 Å². The number of rotatable bonds is 10. The molecule has 0 aliphatic heterocycles. The lowest BCUT2D eigenvalue weighted by molar-refractivity contribution is -0.144. The van der Waals surface area contributed by atoms with Crippen LogP contribution >= 0.6 is 11.6 Å². The minimum absolute atomic E-state index is 0.231. The van der Waals surface area contributed by atoms with Crippen LogP contribution in [-0.4, -0.2) is 34.0 Å². The van der Waals surface area contributed by atoms with Crippen molar-refractivity contribution in [2.45, 2.75) is 45.0 Å². The van der Waals surface area contributed by atoms with Crippen molar-refractivity contribution in [1.29, 1.82) is 0 Å². The molecule has 3 aromatic carbocycles. The summed E-state index contributed by atoms with van der Waals surface area (Å²) in [6, 6.07) is 18.1. The largest absolute Gasteiger partial charge is 0.479 e. The summed E-state index contributed by atoms with van der Waals surface area (Å²) < 4.78 is 47.9. The molecule has 1 heterocycles. The van der Waals surface area contributed by atoms with Crippen molar-refractivity contribution < 1.29 is 27.8 Å². The van der Waals surface area contributed by atoms with Gasteiger partial charge in [0.05, 0.1) is 16.3 Å². The van der Waals surface area contributed by atoms with E-state index in [1.165, 1.54) is 19.1 Å². The number of aromatic nitrogens is 2. The van der Waals surface area contributed by atoms with E-state index in [2.05, 4.69) is 10.4 Å². The maximum Gasteiger partial charge on any atom is 0.416 e. The number of carboxylic acids is 1. The molecular weight excluding hydrogens is 543 g/mol. The molecule has 2 atom stereocenters. The summed E-state index contributed by atoms with van der Waals surface area (Å²) in [5.74, 6) is -0.831. The Bertz CT molecular complexity index is 1490. The van der Waals surface area contributed by atoms with Crippen molar-refractivity contribution in [3.8, 4) is 11.4 Å². The van der Waals surface area contributed by atoms with E-state index >= 15 is 0 Å². The number of benzene rings is 3. The van der Waals surface area contributed by atoms with Gasteiger partial charge in [-0.3, -0.25) is 0 Å². The standard InChI is InChI=1S/C30H29ClF3N3O3/c1-18-24(10-12-27(28(18)31)40-19(2)29(38)39)25(35-3)17-23-13-14-36-37(23)26-11-9-22(30(32,33)34)16-21(26)15-20-7-5-4-6-8-20/h4-14,16,19,25,35H,15,17H2,1-3H3,(H,38,39). The molecule has 4 rings (SSSR count). The highest BCUT2D eigenvalue weighted by atomic mass is 35.5. The third-order valence-corrected chi connectivity index (χ3v) is 7.24. The predicted molar refractivity (Wildman–Crippen MR) is 147 cm³/mol. The van der Waals surface area contributed by atoms with E-state index in [1.54, 1.807) is 24.0 Å². The fraction of sp³-hybridized carbons (Fsp3) is 0.267. The molecule has 0 radical (unpaired) electrons. The average molecular weight is 572 g/mol. The number of halogens is 4. The minimum atomic E-state index is -4.47. The number of likely N-dealkylation sites (N-methyl/N-ethyl adjacent to an activating group) is 1. The van der Waals surface area contributed by atoms with Gasteiger partial charge in [-0.25, -0.2) is 9.48 Å². The van der Waals surface area contributed by atoms with Crippen LogP contribution < -0.4 is 10.1 Å². The van der Waals surface area contributed by atoms with E-state index < -0.39 is 23.8 Å². The zero-order chi connectivity index (χ0) is 29.0. The van der Waals surface area contributed by atoms with Gasteiger partial charge in [0, 0.05) is 24.4 Å². The Labute approximate surface area is 235 Å². The Morgan fingerprint density at radius 1 is 1.12 bits per heavy atom. The minimum Gasteiger partial charge on any atom is -0.479 e. The van der Waals surface area contributed by atoms with Crippen molar-refractivity contribution in [2.24, 2.45) is 0 Å². The van der Waals surface area contributed by atoms with Gasteiger partial charge in [-0.2, -0.15) is 18.3 Å². The maximum absolute atomic E-state index is 13.6. The third kappa shape index (κ3) is 6.48. The highest BCUT2D eigenvalue weighted by Gasteiger charge is 2.31. The Morgan fingerprint density at radius 2 is 1.85 bits per heavy atom. The average Bonchev–Trinajstić information content (AvgIpc) is 3.38. The summed E-state index contributed by atoms with van der Waals surface area (Å²) >= 11 is 6.55. The number of nitrogens with one attached hydrogen (secondary N) is 1. The van der Waals surface area contributed by atoms with Crippen LogP contribution in [0.4, 0.5) is 13.2 Å². The van der Waals surface area contributed by atoms with Crippen molar-refractivity contribution in [3.63, 3.8) is 0 Å². The van der Waals surface area contributed by atoms with E-state index in [-0.39, 0.29) is 11.8 Å². The summed E-state index contributed by atoms with van der Waals surface area (Å²) in [6.07, 6.45) is -3.16. The van der Waals surface area contributed by atoms with E-state index in [9.17, 15) is 18.0 Å². The molecule has 1 aromatic heterocycles. The van der Waals surface area contributed by atoms with Gasteiger partial charge in [-0.15, -0.1) is 0 Å². The van der Waals surface area contributed by atoms with Crippen LogP contribution in [0.25, 0.3) is 5.69 Å². The van der Waals surface area contributed by atoms with E-state index in [1.807, 2.05) is 49.4 Å². The van der Waals surface area contributed by atoms with Crippen LogP contribution in [0.3, 0.4) is 0 Å². The van der Waals surface area contributed by atoms with Crippen LogP contribution in [0.15, 0.2) is 72.9 Å².